The lowest BCUT2D eigenvalue weighted by Gasteiger charge is -2.25. The van der Waals surface area contributed by atoms with E-state index in [1.165, 1.54) is 0 Å². The first-order chi connectivity index (χ1) is 5.92. The molecule has 1 N–H and O–H groups in total. The number of nitrogens with zero attached hydrogens (tertiary/aromatic N) is 1. The molecule has 0 unspecified atom stereocenters. The molecule has 1 saturated heterocycles. The van der Waals surface area contributed by atoms with Gasteiger partial charge in [-0.15, -0.1) is 0 Å². The quantitative estimate of drug-likeness (QED) is 0.690. The summed E-state index contributed by atoms with van der Waals surface area (Å²) in [5.74, 6) is -0.604. The van der Waals surface area contributed by atoms with Crippen molar-refractivity contribution in [1.82, 2.24) is 4.90 Å². The first-order valence-electron chi connectivity index (χ1n) is 4.39. The summed E-state index contributed by atoms with van der Waals surface area (Å²) in [6, 6.07) is 0. The molecule has 0 aromatic heterocycles. The molecule has 0 bridgehead atoms. The van der Waals surface area contributed by atoms with E-state index >= 15 is 0 Å². The van der Waals surface area contributed by atoms with E-state index in [2.05, 4.69) is 0 Å². The summed E-state index contributed by atoms with van der Waals surface area (Å²) in [4.78, 5) is 23.6. The fourth-order valence-electron chi connectivity index (χ4n) is 1.45. The Morgan fingerprint density at radius 2 is 2.23 bits per heavy atom. The van der Waals surface area contributed by atoms with Gasteiger partial charge < -0.3 is 5.11 Å². The van der Waals surface area contributed by atoms with Crippen LogP contribution in [0.25, 0.3) is 0 Å². The molecule has 1 aliphatic rings. The number of carbonyl (C=O) groups is 2. The Labute approximate surface area is 77.5 Å². The minimum Gasteiger partial charge on any atom is -0.481 e. The summed E-state index contributed by atoms with van der Waals surface area (Å²) in [7, 11) is 0. The molecular weight excluding hydrogens is 170 g/mol. The van der Waals surface area contributed by atoms with Gasteiger partial charge in [-0.05, 0) is 13.8 Å². The van der Waals surface area contributed by atoms with Crippen molar-refractivity contribution in [1.29, 1.82) is 0 Å². The van der Waals surface area contributed by atoms with Crippen molar-refractivity contribution in [2.75, 3.05) is 19.6 Å². The van der Waals surface area contributed by atoms with E-state index in [0.29, 0.717) is 26.1 Å². The van der Waals surface area contributed by atoms with Gasteiger partial charge in [-0.1, -0.05) is 0 Å². The van der Waals surface area contributed by atoms with Crippen LogP contribution >= 0.6 is 0 Å². The Morgan fingerprint density at radius 1 is 1.62 bits per heavy atom. The van der Waals surface area contributed by atoms with Crippen molar-refractivity contribution in [3.63, 3.8) is 0 Å². The zero-order valence-electron chi connectivity index (χ0n) is 8.04. The molecule has 0 spiro atoms. The average Bonchev–Trinajstić information content (AvgIpc) is 2.34. The molecular formula is C9H15NO3. The molecule has 0 radical (unpaired) electrons. The zero-order valence-corrected chi connectivity index (χ0v) is 8.04. The van der Waals surface area contributed by atoms with Gasteiger partial charge in [-0.3, -0.25) is 14.5 Å². The second-order valence-corrected chi connectivity index (χ2v) is 4.19. The van der Waals surface area contributed by atoms with Gasteiger partial charge in [0.15, 0.2) is 0 Å². The van der Waals surface area contributed by atoms with Crippen LogP contribution in [0.1, 0.15) is 20.3 Å². The van der Waals surface area contributed by atoms with Gasteiger partial charge in [-0.25, -0.2) is 0 Å². The molecule has 13 heavy (non-hydrogen) atoms. The van der Waals surface area contributed by atoms with Gasteiger partial charge in [0.05, 0.1) is 12.0 Å². The molecule has 0 amide bonds. The number of hydrogen-bond acceptors (Lipinski definition) is 3. The van der Waals surface area contributed by atoms with Gasteiger partial charge in [0.25, 0.3) is 0 Å². The third-order valence-corrected chi connectivity index (χ3v) is 2.30. The van der Waals surface area contributed by atoms with Crippen molar-refractivity contribution in [3.8, 4) is 0 Å². The number of carboxylic acid groups (broad SMARTS) is 1. The van der Waals surface area contributed by atoms with Crippen LogP contribution in [0.2, 0.25) is 0 Å². The molecule has 4 heteroatoms. The van der Waals surface area contributed by atoms with Crippen LogP contribution in [0.5, 0.6) is 0 Å². The number of carboxylic acids is 1. The van der Waals surface area contributed by atoms with Crippen molar-refractivity contribution >= 4 is 11.8 Å². The highest BCUT2D eigenvalue weighted by atomic mass is 16.4. The minimum atomic E-state index is -0.813. The summed E-state index contributed by atoms with van der Waals surface area (Å²) in [5, 5.41) is 8.86. The number of likely N-dealkylation sites (tertiary alicyclic amines) is 1. The Kier molecular flexibility index (Phi) is 2.71. The molecule has 1 heterocycles. The van der Waals surface area contributed by atoms with Gasteiger partial charge >= 0.3 is 5.97 Å². The van der Waals surface area contributed by atoms with E-state index in [1.54, 1.807) is 13.8 Å². The SMILES string of the molecule is CC(C)(CN1CCC(=O)C1)C(=O)O. The van der Waals surface area contributed by atoms with Crippen LogP contribution in [-0.2, 0) is 9.59 Å². The van der Waals surface area contributed by atoms with Crippen molar-refractivity contribution in [3.05, 3.63) is 0 Å². The second-order valence-electron chi connectivity index (χ2n) is 4.19. The standard InChI is InChI=1S/C9H15NO3/c1-9(2,8(12)13)6-10-4-3-7(11)5-10/h3-6H2,1-2H3,(H,12,13). The van der Waals surface area contributed by atoms with Gasteiger partial charge in [0, 0.05) is 19.5 Å². The monoisotopic (exact) mass is 185 g/mol. The van der Waals surface area contributed by atoms with Gasteiger partial charge in [0.2, 0.25) is 0 Å². The number of Topliss-reactive ketones (excluding diaryl/α,β-unsaturated/α-hetero) is 1. The Bertz CT molecular complexity index is 235. The predicted molar refractivity (Wildman–Crippen MR) is 47.5 cm³/mol. The molecule has 1 aliphatic heterocycles. The highest BCUT2D eigenvalue weighted by molar-refractivity contribution is 5.82. The Balaban J connectivity index is 2.49. The first kappa shape index (κ1) is 10.2. The van der Waals surface area contributed by atoms with Crippen LogP contribution in [0.4, 0.5) is 0 Å². The number of rotatable bonds is 3. The van der Waals surface area contributed by atoms with E-state index < -0.39 is 11.4 Å². The summed E-state index contributed by atoms with van der Waals surface area (Å²) >= 11 is 0. The maximum absolute atomic E-state index is 10.9. The molecule has 0 aromatic carbocycles. The number of aliphatic carboxylic acids is 1. The van der Waals surface area contributed by atoms with E-state index in [1.807, 2.05) is 4.90 Å². The third-order valence-electron chi connectivity index (χ3n) is 2.30. The van der Waals surface area contributed by atoms with E-state index in [9.17, 15) is 9.59 Å². The van der Waals surface area contributed by atoms with Crippen LogP contribution in [0, 0.1) is 5.41 Å². The predicted octanol–water partition coefficient (Wildman–Crippen LogP) is 0.372. The number of hydrogen-bond donors (Lipinski definition) is 1. The maximum atomic E-state index is 10.9. The molecule has 0 saturated carbocycles. The van der Waals surface area contributed by atoms with Gasteiger partial charge in [0.1, 0.15) is 5.78 Å². The van der Waals surface area contributed by atoms with E-state index in [0.717, 1.165) is 0 Å². The lowest BCUT2D eigenvalue weighted by atomic mass is 9.93. The average molecular weight is 185 g/mol. The zero-order chi connectivity index (χ0) is 10.1. The van der Waals surface area contributed by atoms with Crippen LogP contribution in [-0.4, -0.2) is 41.4 Å². The lowest BCUT2D eigenvalue weighted by molar-refractivity contribution is -0.148. The summed E-state index contributed by atoms with van der Waals surface area (Å²) in [6.07, 6.45) is 0.565. The fourth-order valence-corrected chi connectivity index (χ4v) is 1.45. The summed E-state index contributed by atoms with van der Waals surface area (Å²) < 4.78 is 0. The molecule has 4 nitrogen and oxygen atoms in total. The van der Waals surface area contributed by atoms with Crippen LogP contribution in [0.15, 0.2) is 0 Å². The maximum Gasteiger partial charge on any atom is 0.310 e. The molecule has 1 fully saturated rings. The number of carbonyl (C=O) groups excluding carboxylic acids is 1. The topological polar surface area (TPSA) is 57.6 Å². The van der Waals surface area contributed by atoms with Crippen molar-refractivity contribution in [2.45, 2.75) is 20.3 Å². The van der Waals surface area contributed by atoms with Gasteiger partial charge in [-0.2, -0.15) is 0 Å². The van der Waals surface area contributed by atoms with Crippen molar-refractivity contribution in [2.24, 2.45) is 5.41 Å². The normalized spacial score (nSPS) is 19.4. The highest BCUT2D eigenvalue weighted by Crippen LogP contribution is 2.19. The Hall–Kier alpha value is -0.900. The smallest absolute Gasteiger partial charge is 0.310 e. The molecule has 0 aromatic rings. The van der Waals surface area contributed by atoms with Crippen molar-refractivity contribution < 1.29 is 14.7 Å². The molecule has 74 valence electrons. The second kappa shape index (κ2) is 3.46. The molecule has 0 atom stereocenters. The Morgan fingerprint density at radius 3 is 2.62 bits per heavy atom. The van der Waals surface area contributed by atoms with E-state index in [4.69, 9.17) is 5.11 Å². The number of ketones is 1. The lowest BCUT2D eigenvalue weighted by Crippen LogP contribution is -2.38. The minimum absolute atomic E-state index is 0.209. The third kappa shape index (κ3) is 2.52. The summed E-state index contributed by atoms with van der Waals surface area (Å²) in [5.41, 5.74) is -0.759. The highest BCUT2D eigenvalue weighted by Gasteiger charge is 2.32. The van der Waals surface area contributed by atoms with Crippen LogP contribution < -0.4 is 0 Å². The molecule has 0 aliphatic carbocycles. The largest absolute Gasteiger partial charge is 0.481 e. The first-order valence-corrected chi connectivity index (χ1v) is 4.39. The summed E-state index contributed by atoms with van der Waals surface area (Å²) in [6.45, 7) is 4.93. The van der Waals surface area contributed by atoms with Crippen LogP contribution in [0.3, 0.4) is 0 Å². The fraction of sp³-hybridized carbons (Fsp3) is 0.778. The van der Waals surface area contributed by atoms with E-state index in [-0.39, 0.29) is 5.78 Å². The molecule has 1 rings (SSSR count).